The molecule has 2 N–H and O–H groups in total. The molecule has 0 radical (unpaired) electrons. The van der Waals surface area contributed by atoms with Crippen LogP contribution in [-0.4, -0.2) is 17.3 Å². The first kappa shape index (κ1) is 13.9. The molecule has 0 fully saturated rings. The van der Waals surface area contributed by atoms with Crippen molar-refractivity contribution in [2.75, 3.05) is 6.54 Å². The van der Waals surface area contributed by atoms with Gasteiger partial charge in [-0.05, 0) is 36.1 Å². The Labute approximate surface area is 134 Å². The van der Waals surface area contributed by atoms with E-state index >= 15 is 0 Å². The normalized spacial score (nSPS) is 16.0. The lowest BCUT2D eigenvalue weighted by atomic mass is 9.99. The van der Waals surface area contributed by atoms with Gasteiger partial charge in [0.15, 0.2) is 5.76 Å². The number of hydrogen-bond donors (Lipinski definition) is 2. The summed E-state index contributed by atoms with van der Waals surface area (Å²) in [4.78, 5) is 16.1. The van der Waals surface area contributed by atoms with Crippen molar-refractivity contribution in [3.05, 3.63) is 69.6 Å². The molecule has 2 aliphatic rings. The number of aromatic nitrogens is 1. The number of ketones is 1. The minimum Gasteiger partial charge on any atom is -0.485 e. The largest absolute Gasteiger partial charge is 0.485 e. The summed E-state index contributed by atoms with van der Waals surface area (Å²) in [5.74, 6) is 0.395. The zero-order chi connectivity index (χ0) is 15.6. The first-order valence-corrected chi connectivity index (χ1v) is 7.91. The average molecular weight is 306 g/mol. The van der Waals surface area contributed by atoms with Gasteiger partial charge < -0.3 is 15.0 Å². The number of aromatic amines is 1. The van der Waals surface area contributed by atoms with E-state index in [1.165, 1.54) is 0 Å². The first-order valence-electron chi connectivity index (χ1n) is 7.91. The number of rotatable bonds is 3. The molecule has 1 aliphatic heterocycles. The predicted octanol–water partition coefficient (Wildman–Crippen LogP) is 1.37. The molecule has 1 aromatic heterocycles. The molecule has 0 spiro atoms. The lowest BCUT2D eigenvalue weighted by molar-refractivity contribution is 0.0901. The van der Waals surface area contributed by atoms with Crippen LogP contribution in [0.2, 0.25) is 0 Å². The van der Waals surface area contributed by atoms with Gasteiger partial charge in [0, 0.05) is 12.7 Å². The van der Waals surface area contributed by atoms with E-state index in [1.54, 1.807) is 6.08 Å². The molecule has 4 rings (SSSR count). The van der Waals surface area contributed by atoms with E-state index in [0.29, 0.717) is 12.4 Å². The van der Waals surface area contributed by atoms with Gasteiger partial charge in [0.1, 0.15) is 6.61 Å². The Morgan fingerprint density at radius 2 is 1.96 bits per heavy atom. The van der Waals surface area contributed by atoms with Crippen LogP contribution in [0.3, 0.4) is 0 Å². The number of ether oxygens (including phenoxy) is 1. The molecule has 23 heavy (non-hydrogen) atoms. The quantitative estimate of drug-likeness (QED) is 0.900. The second-order valence-corrected chi connectivity index (χ2v) is 5.81. The van der Waals surface area contributed by atoms with Crippen molar-refractivity contribution < 1.29 is 9.53 Å². The Kier molecular flexibility index (Phi) is 3.50. The summed E-state index contributed by atoms with van der Waals surface area (Å²) in [6.45, 7) is 1.34. The summed E-state index contributed by atoms with van der Waals surface area (Å²) in [7, 11) is 0. The van der Waals surface area contributed by atoms with Gasteiger partial charge in [-0.15, -0.1) is 0 Å². The summed E-state index contributed by atoms with van der Waals surface area (Å²) >= 11 is 0. The zero-order valence-electron chi connectivity index (χ0n) is 12.8. The first-order chi connectivity index (χ1) is 11.3. The highest BCUT2D eigenvalue weighted by molar-refractivity contribution is 6.10. The third kappa shape index (κ3) is 2.57. The number of benzene rings is 1. The van der Waals surface area contributed by atoms with Gasteiger partial charge in [0.05, 0.1) is 16.3 Å². The molecule has 0 amide bonds. The Morgan fingerprint density at radius 1 is 1.09 bits per heavy atom. The average Bonchev–Trinajstić information content (AvgIpc) is 2.78. The minimum absolute atomic E-state index is 0.0220. The number of H-pyrrole nitrogens is 1. The van der Waals surface area contributed by atoms with Gasteiger partial charge in [-0.2, -0.15) is 0 Å². The van der Waals surface area contributed by atoms with Crippen LogP contribution in [0.4, 0.5) is 0 Å². The fraction of sp³-hybridized carbons (Fsp3) is 0.211. The van der Waals surface area contributed by atoms with Crippen molar-refractivity contribution in [1.82, 2.24) is 10.3 Å². The maximum Gasteiger partial charge on any atom is 0.230 e. The van der Waals surface area contributed by atoms with E-state index in [0.717, 1.165) is 46.8 Å². The summed E-state index contributed by atoms with van der Waals surface area (Å²) < 4.78 is 5.77. The molecule has 0 unspecified atom stereocenters. The molecular weight excluding hydrogens is 288 g/mol. The number of Topliss-reactive ketones (excluding diaryl/α,β-unsaturated/α-hetero) is 1. The Hall–Kier alpha value is -2.75. The van der Waals surface area contributed by atoms with E-state index < -0.39 is 0 Å². The number of allylic oxidation sites excluding steroid dienone is 2. The third-order valence-corrected chi connectivity index (χ3v) is 4.25. The molecule has 0 atom stereocenters. The van der Waals surface area contributed by atoms with Crippen molar-refractivity contribution in [2.24, 2.45) is 0 Å². The monoisotopic (exact) mass is 306 g/mol. The molecule has 4 heteroatoms. The lowest BCUT2D eigenvalue weighted by Crippen LogP contribution is -2.22. The number of carbonyl (C=O) groups is 1. The van der Waals surface area contributed by atoms with Gasteiger partial charge in [-0.25, -0.2) is 0 Å². The highest BCUT2D eigenvalue weighted by Gasteiger charge is 2.24. The minimum atomic E-state index is -0.0220. The maximum absolute atomic E-state index is 12.8. The molecule has 4 nitrogen and oxygen atoms in total. The molecular formula is C19H18N2O2. The summed E-state index contributed by atoms with van der Waals surface area (Å²) in [5, 5.41) is 5.15. The van der Waals surface area contributed by atoms with Crippen molar-refractivity contribution in [1.29, 1.82) is 0 Å². The van der Waals surface area contributed by atoms with Crippen LogP contribution in [0.15, 0.2) is 42.2 Å². The predicted molar refractivity (Wildman–Crippen MR) is 88.9 cm³/mol. The molecule has 0 saturated heterocycles. The van der Waals surface area contributed by atoms with Crippen molar-refractivity contribution in [3.63, 3.8) is 0 Å². The van der Waals surface area contributed by atoms with E-state index in [-0.39, 0.29) is 5.78 Å². The van der Waals surface area contributed by atoms with E-state index in [2.05, 4.69) is 10.3 Å². The lowest BCUT2D eigenvalue weighted by Gasteiger charge is -2.12. The number of fused-ring (bicyclic) bond motifs is 3. The van der Waals surface area contributed by atoms with Crippen LogP contribution in [-0.2, 0) is 17.8 Å². The number of nitrogens with one attached hydrogen (secondary N) is 2. The van der Waals surface area contributed by atoms with Crippen molar-refractivity contribution in [3.8, 4) is 0 Å². The third-order valence-electron chi connectivity index (χ3n) is 4.25. The second-order valence-electron chi connectivity index (χ2n) is 5.81. The summed E-state index contributed by atoms with van der Waals surface area (Å²) in [5.41, 5.74) is 2.92. The standard InChI is InChI=1S/C19H18N2O2/c22-19-17(23-12-13-5-2-1-3-6-13)9-8-15-18(19)14-7-4-10-20-11-16(14)21-15/h1-3,5-6,8-9,11,20-21H,4,7,10,12H2. The van der Waals surface area contributed by atoms with Gasteiger partial charge in [-0.3, -0.25) is 4.79 Å². The van der Waals surface area contributed by atoms with E-state index in [4.69, 9.17) is 4.74 Å². The summed E-state index contributed by atoms with van der Waals surface area (Å²) in [6, 6.07) is 9.88. The fourth-order valence-corrected chi connectivity index (χ4v) is 3.10. The smallest absolute Gasteiger partial charge is 0.230 e. The molecule has 0 bridgehead atoms. The summed E-state index contributed by atoms with van der Waals surface area (Å²) in [6.07, 6.45) is 7.57. The van der Waals surface area contributed by atoms with Crippen LogP contribution < -0.4 is 16.0 Å². The van der Waals surface area contributed by atoms with Crippen LogP contribution >= 0.6 is 0 Å². The SMILES string of the molecule is O=C1C(OCc2ccccc2)=CC=c2[nH]c3c(c21)CCCNC=3. The van der Waals surface area contributed by atoms with Gasteiger partial charge in [-0.1, -0.05) is 30.3 Å². The molecule has 1 aromatic carbocycles. The zero-order valence-corrected chi connectivity index (χ0v) is 12.8. The van der Waals surface area contributed by atoms with Gasteiger partial charge in [0.2, 0.25) is 5.78 Å². The van der Waals surface area contributed by atoms with Crippen molar-refractivity contribution in [2.45, 2.75) is 19.4 Å². The fourth-order valence-electron chi connectivity index (χ4n) is 3.10. The van der Waals surface area contributed by atoms with Crippen LogP contribution in [0.5, 0.6) is 0 Å². The number of hydrogen-bond acceptors (Lipinski definition) is 3. The van der Waals surface area contributed by atoms with E-state index in [1.807, 2.05) is 42.6 Å². The van der Waals surface area contributed by atoms with Gasteiger partial charge >= 0.3 is 0 Å². The Bertz CT molecular complexity index is 891. The van der Waals surface area contributed by atoms with E-state index in [9.17, 15) is 4.79 Å². The Morgan fingerprint density at radius 3 is 2.83 bits per heavy atom. The van der Waals surface area contributed by atoms with Crippen LogP contribution in [0.25, 0.3) is 12.3 Å². The van der Waals surface area contributed by atoms with Crippen LogP contribution in [0, 0.1) is 0 Å². The van der Waals surface area contributed by atoms with Crippen LogP contribution in [0.1, 0.15) is 27.9 Å². The van der Waals surface area contributed by atoms with Gasteiger partial charge in [0.25, 0.3) is 0 Å². The topological polar surface area (TPSA) is 54.1 Å². The second kappa shape index (κ2) is 5.80. The highest BCUT2D eigenvalue weighted by Crippen LogP contribution is 2.16. The molecule has 2 heterocycles. The maximum atomic E-state index is 12.8. The number of carbonyl (C=O) groups excluding carboxylic acids is 1. The molecule has 1 aliphatic carbocycles. The van der Waals surface area contributed by atoms with Crippen molar-refractivity contribution >= 4 is 18.1 Å². The molecule has 0 saturated carbocycles. The molecule has 116 valence electrons. The highest BCUT2D eigenvalue weighted by atomic mass is 16.5. The molecule has 2 aromatic rings. The Balaban J connectivity index is 1.62.